The van der Waals surface area contributed by atoms with Gasteiger partial charge in [-0.05, 0) is 38.0 Å². The Morgan fingerprint density at radius 2 is 1.90 bits per heavy atom. The third-order valence-electron chi connectivity index (χ3n) is 3.88. The Labute approximate surface area is 127 Å². The molecular weight excluding hydrogens is 301 g/mol. The van der Waals surface area contributed by atoms with Gasteiger partial charge in [-0.2, -0.15) is 0 Å². The lowest BCUT2D eigenvalue weighted by Crippen LogP contribution is -2.47. The SMILES string of the molecule is CC1(C(=O)O)CCCC1NC(=O)c1cc(Cl)cc(Cl)c1. The van der Waals surface area contributed by atoms with Gasteiger partial charge < -0.3 is 10.4 Å². The summed E-state index contributed by atoms with van der Waals surface area (Å²) in [7, 11) is 0. The number of rotatable bonds is 3. The summed E-state index contributed by atoms with van der Waals surface area (Å²) in [6.07, 6.45) is 2.00. The van der Waals surface area contributed by atoms with Crippen molar-refractivity contribution < 1.29 is 14.7 Å². The molecule has 1 saturated carbocycles. The van der Waals surface area contributed by atoms with Gasteiger partial charge >= 0.3 is 5.97 Å². The molecule has 2 rings (SSSR count). The Hall–Kier alpha value is -1.26. The molecule has 2 N–H and O–H groups in total. The van der Waals surface area contributed by atoms with Gasteiger partial charge in [0.1, 0.15) is 0 Å². The Bertz CT molecular complexity index is 541. The molecule has 0 saturated heterocycles. The lowest BCUT2D eigenvalue weighted by molar-refractivity contribution is -0.148. The van der Waals surface area contributed by atoms with Gasteiger partial charge in [0.15, 0.2) is 0 Å². The predicted molar refractivity (Wildman–Crippen MR) is 77.3 cm³/mol. The number of carboxylic acids is 1. The van der Waals surface area contributed by atoms with Crippen LogP contribution in [0.5, 0.6) is 0 Å². The van der Waals surface area contributed by atoms with Crippen LogP contribution in [0.4, 0.5) is 0 Å². The van der Waals surface area contributed by atoms with Crippen molar-refractivity contribution in [2.75, 3.05) is 0 Å². The molecule has 108 valence electrons. The quantitative estimate of drug-likeness (QED) is 0.898. The zero-order valence-electron chi connectivity index (χ0n) is 11.0. The predicted octanol–water partition coefficient (Wildman–Crippen LogP) is 3.37. The van der Waals surface area contributed by atoms with E-state index < -0.39 is 11.4 Å². The van der Waals surface area contributed by atoms with Crippen molar-refractivity contribution in [2.45, 2.75) is 32.2 Å². The van der Waals surface area contributed by atoms with Gasteiger partial charge in [0.25, 0.3) is 5.91 Å². The van der Waals surface area contributed by atoms with E-state index in [1.54, 1.807) is 6.92 Å². The van der Waals surface area contributed by atoms with E-state index in [4.69, 9.17) is 23.2 Å². The molecule has 0 spiro atoms. The summed E-state index contributed by atoms with van der Waals surface area (Å²) in [4.78, 5) is 23.6. The lowest BCUT2D eigenvalue weighted by Gasteiger charge is -2.27. The van der Waals surface area contributed by atoms with Gasteiger partial charge in [-0.25, -0.2) is 0 Å². The third-order valence-corrected chi connectivity index (χ3v) is 4.31. The molecule has 0 aromatic heterocycles. The Balaban J connectivity index is 2.17. The lowest BCUT2D eigenvalue weighted by atomic mass is 9.85. The molecule has 0 bridgehead atoms. The minimum absolute atomic E-state index is 0.335. The second-order valence-corrected chi connectivity index (χ2v) is 6.17. The fourth-order valence-electron chi connectivity index (χ4n) is 2.58. The number of carboxylic acid groups (broad SMARTS) is 1. The molecule has 1 aliphatic rings. The van der Waals surface area contributed by atoms with E-state index in [1.165, 1.54) is 18.2 Å². The summed E-state index contributed by atoms with van der Waals surface area (Å²) in [6.45, 7) is 1.66. The van der Waals surface area contributed by atoms with E-state index >= 15 is 0 Å². The highest BCUT2D eigenvalue weighted by Gasteiger charge is 2.45. The largest absolute Gasteiger partial charge is 0.481 e. The van der Waals surface area contributed by atoms with Crippen LogP contribution in [-0.2, 0) is 4.79 Å². The first-order chi connectivity index (χ1) is 9.33. The molecule has 1 aromatic rings. The second kappa shape index (κ2) is 5.62. The standard InChI is InChI=1S/C14H15Cl2NO3/c1-14(13(19)20)4-2-3-11(14)17-12(18)8-5-9(15)7-10(16)6-8/h5-7,11H,2-4H2,1H3,(H,17,18)(H,19,20). The highest BCUT2D eigenvalue weighted by atomic mass is 35.5. The molecule has 1 amide bonds. The van der Waals surface area contributed by atoms with Gasteiger partial charge in [0.05, 0.1) is 5.41 Å². The third kappa shape index (κ3) is 2.91. The first-order valence-corrected chi connectivity index (χ1v) is 7.09. The number of aliphatic carboxylic acids is 1. The number of benzene rings is 1. The average molecular weight is 316 g/mol. The Kier molecular flexibility index (Phi) is 4.25. The van der Waals surface area contributed by atoms with Gasteiger partial charge in [0, 0.05) is 21.7 Å². The molecule has 1 aromatic carbocycles. The molecule has 1 fully saturated rings. The highest BCUT2D eigenvalue weighted by Crippen LogP contribution is 2.38. The van der Waals surface area contributed by atoms with Crippen LogP contribution in [0.15, 0.2) is 18.2 Å². The van der Waals surface area contributed by atoms with Gasteiger partial charge in [0.2, 0.25) is 0 Å². The maximum Gasteiger partial charge on any atom is 0.311 e. The van der Waals surface area contributed by atoms with Crippen LogP contribution in [0.25, 0.3) is 0 Å². The first-order valence-electron chi connectivity index (χ1n) is 6.33. The molecule has 0 aliphatic heterocycles. The summed E-state index contributed by atoms with van der Waals surface area (Å²) in [6, 6.07) is 4.17. The summed E-state index contributed by atoms with van der Waals surface area (Å²) < 4.78 is 0. The number of hydrogen-bond donors (Lipinski definition) is 2. The van der Waals surface area contributed by atoms with Crippen LogP contribution in [0.1, 0.15) is 36.5 Å². The smallest absolute Gasteiger partial charge is 0.311 e. The summed E-state index contributed by atoms with van der Waals surface area (Å²) in [5.41, 5.74) is -0.583. The van der Waals surface area contributed by atoms with Crippen LogP contribution in [0.3, 0.4) is 0 Å². The summed E-state index contributed by atoms with van der Waals surface area (Å²) >= 11 is 11.7. The maximum atomic E-state index is 12.2. The van der Waals surface area contributed by atoms with Crippen molar-refractivity contribution in [3.05, 3.63) is 33.8 Å². The fraction of sp³-hybridized carbons (Fsp3) is 0.429. The number of carbonyl (C=O) groups is 2. The maximum absolute atomic E-state index is 12.2. The number of carbonyl (C=O) groups excluding carboxylic acids is 1. The topological polar surface area (TPSA) is 66.4 Å². The van der Waals surface area contributed by atoms with Crippen LogP contribution >= 0.6 is 23.2 Å². The summed E-state index contributed by atoms with van der Waals surface area (Å²) in [5, 5.41) is 12.8. The average Bonchev–Trinajstić information content (AvgIpc) is 2.71. The van der Waals surface area contributed by atoms with E-state index in [2.05, 4.69) is 5.32 Å². The number of hydrogen-bond acceptors (Lipinski definition) is 2. The minimum Gasteiger partial charge on any atom is -0.481 e. The van der Waals surface area contributed by atoms with Crippen LogP contribution < -0.4 is 5.32 Å². The first kappa shape index (κ1) is 15.1. The normalized spacial score (nSPS) is 25.4. The Morgan fingerprint density at radius 3 is 2.45 bits per heavy atom. The van der Waals surface area contributed by atoms with E-state index in [0.29, 0.717) is 28.5 Å². The molecule has 0 radical (unpaired) electrons. The second-order valence-electron chi connectivity index (χ2n) is 5.30. The number of amides is 1. The zero-order chi connectivity index (χ0) is 14.9. The van der Waals surface area contributed by atoms with Gasteiger partial charge in [-0.1, -0.05) is 29.6 Å². The van der Waals surface area contributed by atoms with Crippen LogP contribution in [0.2, 0.25) is 10.0 Å². The van der Waals surface area contributed by atoms with Crippen molar-refractivity contribution >= 4 is 35.1 Å². The Morgan fingerprint density at radius 1 is 1.30 bits per heavy atom. The fourth-order valence-corrected chi connectivity index (χ4v) is 3.11. The van der Waals surface area contributed by atoms with Crippen molar-refractivity contribution in [3.63, 3.8) is 0 Å². The molecule has 4 nitrogen and oxygen atoms in total. The summed E-state index contributed by atoms with van der Waals surface area (Å²) in [5.74, 6) is -1.24. The van der Waals surface area contributed by atoms with Crippen molar-refractivity contribution in [2.24, 2.45) is 5.41 Å². The van der Waals surface area contributed by atoms with E-state index in [-0.39, 0.29) is 11.9 Å². The van der Waals surface area contributed by atoms with Gasteiger partial charge in [-0.3, -0.25) is 9.59 Å². The number of nitrogens with one attached hydrogen (secondary N) is 1. The van der Waals surface area contributed by atoms with E-state index in [0.717, 1.165) is 6.42 Å². The van der Waals surface area contributed by atoms with Crippen molar-refractivity contribution in [1.29, 1.82) is 0 Å². The highest BCUT2D eigenvalue weighted by molar-refractivity contribution is 6.35. The molecule has 20 heavy (non-hydrogen) atoms. The molecule has 2 unspecified atom stereocenters. The molecule has 0 heterocycles. The van der Waals surface area contributed by atoms with Crippen molar-refractivity contribution in [1.82, 2.24) is 5.32 Å². The zero-order valence-corrected chi connectivity index (χ0v) is 12.5. The minimum atomic E-state index is -0.919. The monoisotopic (exact) mass is 315 g/mol. The molecule has 2 atom stereocenters. The molecule has 1 aliphatic carbocycles. The van der Waals surface area contributed by atoms with Crippen molar-refractivity contribution in [3.8, 4) is 0 Å². The molecule has 6 heteroatoms. The van der Waals surface area contributed by atoms with E-state index in [9.17, 15) is 14.7 Å². The number of halogens is 2. The van der Waals surface area contributed by atoms with E-state index in [1.807, 2.05) is 0 Å². The van der Waals surface area contributed by atoms with Crippen LogP contribution in [0, 0.1) is 5.41 Å². The molecular formula is C14H15Cl2NO3. The van der Waals surface area contributed by atoms with Crippen LogP contribution in [-0.4, -0.2) is 23.0 Å². The van der Waals surface area contributed by atoms with Gasteiger partial charge in [-0.15, -0.1) is 0 Å².